The number of para-hydroxylation sites is 2. The van der Waals surface area contributed by atoms with Crippen LogP contribution in [-0.4, -0.2) is 67.6 Å². The Hall–Kier alpha value is -7.62. The second-order valence-electron chi connectivity index (χ2n) is 19.6. The summed E-state index contributed by atoms with van der Waals surface area (Å²) in [5.41, 5.74) is 5.94. The van der Waals surface area contributed by atoms with Crippen molar-refractivity contribution in [1.82, 2.24) is 0 Å². The topological polar surface area (TPSA) is 167 Å². The van der Waals surface area contributed by atoms with Crippen molar-refractivity contribution in [1.29, 1.82) is 0 Å². The number of methoxy groups -OCH3 is 2. The third-order valence-corrected chi connectivity index (χ3v) is 15.5. The number of hydrogen-bond acceptors (Lipinski definition) is 9. The molecule has 6 aromatic rings. The van der Waals surface area contributed by atoms with Crippen molar-refractivity contribution in [3.63, 3.8) is 0 Å². The van der Waals surface area contributed by atoms with E-state index < -0.39 is 23.4 Å². The molecule has 4 amide bonds. The molecular weight excluding hydrogens is 1000 g/mol. The van der Waals surface area contributed by atoms with Gasteiger partial charge in [-0.3, -0.25) is 24.0 Å². The summed E-state index contributed by atoms with van der Waals surface area (Å²) in [6, 6.07) is 32.4. The van der Waals surface area contributed by atoms with Gasteiger partial charge in [0.1, 0.15) is 28.9 Å². The fourth-order valence-corrected chi connectivity index (χ4v) is 11.3. The molecule has 2 spiro atoms. The number of oxime groups is 1. The fraction of sp³-hybridized carbons (Fsp3) is 0.276. The van der Waals surface area contributed by atoms with Gasteiger partial charge >= 0.3 is 0 Å². The molecule has 2 atom stereocenters. The highest BCUT2D eigenvalue weighted by Crippen LogP contribution is 2.48. The molecule has 2 heterocycles. The lowest BCUT2D eigenvalue weighted by Gasteiger charge is -2.27. The van der Waals surface area contributed by atoms with E-state index in [-0.39, 0.29) is 55.3 Å². The molecule has 2 aliphatic carbocycles. The summed E-state index contributed by atoms with van der Waals surface area (Å²) in [5.74, 6) is -1.87. The average molecular weight is 1060 g/mol. The zero-order chi connectivity index (χ0) is 53.0. The third-order valence-electron chi connectivity index (χ3n) is 14.8. The lowest BCUT2D eigenvalue weighted by molar-refractivity contribution is -0.118. The van der Waals surface area contributed by atoms with E-state index in [1.54, 1.807) is 46.2 Å². The van der Waals surface area contributed by atoms with Crippen molar-refractivity contribution in [2.75, 3.05) is 47.7 Å². The minimum absolute atomic E-state index is 0.00899. The van der Waals surface area contributed by atoms with Crippen LogP contribution < -0.4 is 29.9 Å². The first kappa shape index (κ1) is 52.3. The predicted molar refractivity (Wildman–Crippen MR) is 284 cm³/mol. The first-order chi connectivity index (χ1) is 36.1. The van der Waals surface area contributed by atoms with Crippen LogP contribution in [0.3, 0.4) is 0 Å². The lowest BCUT2D eigenvalue weighted by atomic mass is 9.78. The van der Waals surface area contributed by atoms with Crippen molar-refractivity contribution in [3.8, 4) is 11.5 Å². The number of fused-ring (bicyclic) bond motifs is 2. The maximum absolute atomic E-state index is 13.8. The molecular formula is C58H53Cl2F2N5O8. The zero-order valence-corrected chi connectivity index (χ0v) is 42.7. The van der Waals surface area contributed by atoms with Crippen molar-refractivity contribution in [2.24, 2.45) is 16.0 Å². The standard InChI is InChI=1S/C29H27ClFN3O4.C29H26ClFN2O4/c1-38-26-14-18(6-9-24(26)32-27(35)22-15-20(31)7-8-23(22)30)28(36)34-13-12-29(11-10-21(17-29)33-37)16-19-4-2-3-5-25(19)34;1-37-26-14-18(6-9-24(26)32-27(35)22-15-20(31)7-8-23(22)30)28(36)33-13-12-29(11-10-21(34)17-29)16-19-4-2-3-5-25(19)33/h2-9,14-15,37H,10-13,16-17H2,1H3,(H,32,35);2-9,14-15H,10-13,16-17H2,1H3,(H,32,35)/b33-21+;/t2*29-/m00/s1. The van der Waals surface area contributed by atoms with E-state index in [4.69, 9.17) is 32.7 Å². The molecule has 3 N–H and O–H groups in total. The Bertz CT molecular complexity index is 3280. The maximum Gasteiger partial charge on any atom is 0.258 e. The summed E-state index contributed by atoms with van der Waals surface area (Å²) >= 11 is 12.1. The van der Waals surface area contributed by atoms with Crippen molar-refractivity contribution in [3.05, 3.63) is 176 Å². The lowest BCUT2D eigenvalue weighted by Crippen LogP contribution is -2.33. The second-order valence-corrected chi connectivity index (χ2v) is 20.4. The number of benzene rings is 6. The molecule has 0 unspecified atom stereocenters. The van der Waals surface area contributed by atoms with Gasteiger partial charge in [0.05, 0.1) is 52.5 Å². The Labute approximate surface area is 442 Å². The Balaban J connectivity index is 0.000000184. The number of carbonyl (C=O) groups is 5. The van der Waals surface area contributed by atoms with Gasteiger partial charge < -0.3 is 35.1 Å². The number of halogens is 4. The minimum atomic E-state index is -0.597. The molecule has 4 aliphatic rings. The van der Waals surface area contributed by atoms with E-state index >= 15 is 0 Å². The normalized spacial score (nSPS) is 19.3. The first-order valence-corrected chi connectivity index (χ1v) is 25.3. The molecule has 2 saturated carbocycles. The van der Waals surface area contributed by atoms with Gasteiger partial charge in [-0.25, -0.2) is 8.78 Å². The highest BCUT2D eigenvalue weighted by molar-refractivity contribution is 6.35. The van der Waals surface area contributed by atoms with Crippen LogP contribution in [0.25, 0.3) is 0 Å². The fourth-order valence-electron chi connectivity index (χ4n) is 10.9. The van der Waals surface area contributed by atoms with Gasteiger partial charge in [-0.2, -0.15) is 0 Å². The van der Waals surface area contributed by atoms with Crippen LogP contribution in [0.1, 0.15) is 104 Å². The van der Waals surface area contributed by atoms with E-state index in [2.05, 4.69) is 15.8 Å². The van der Waals surface area contributed by atoms with E-state index in [0.717, 1.165) is 91.7 Å². The van der Waals surface area contributed by atoms with Gasteiger partial charge in [-0.1, -0.05) is 64.8 Å². The summed E-state index contributed by atoms with van der Waals surface area (Å²) in [6.45, 7) is 1.02. The number of Topliss-reactive ketones (excluding diaryl/α,β-unsaturated/α-hetero) is 1. The smallest absolute Gasteiger partial charge is 0.258 e. The van der Waals surface area contributed by atoms with Crippen LogP contribution in [0, 0.1) is 22.5 Å². The number of ether oxygens (including phenoxy) is 2. The zero-order valence-electron chi connectivity index (χ0n) is 41.2. The largest absolute Gasteiger partial charge is 0.495 e. The summed E-state index contributed by atoms with van der Waals surface area (Å²) in [5, 5.41) is 18.4. The first-order valence-electron chi connectivity index (χ1n) is 24.5. The Morgan fingerprint density at radius 1 is 0.587 bits per heavy atom. The third kappa shape index (κ3) is 11.3. The van der Waals surface area contributed by atoms with Crippen molar-refractivity contribution < 1.29 is 47.4 Å². The maximum atomic E-state index is 13.8. The van der Waals surface area contributed by atoms with Crippen LogP contribution in [0.2, 0.25) is 10.0 Å². The van der Waals surface area contributed by atoms with Crippen LogP contribution in [0.5, 0.6) is 11.5 Å². The predicted octanol–water partition coefficient (Wildman–Crippen LogP) is 12.4. The average Bonchev–Trinajstić information content (AvgIpc) is 3.90. The van der Waals surface area contributed by atoms with Crippen molar-refractivity contribution in [2.45, 2.75) is 64.2 Å². The van der Waals surface area contributed by atoms with E-state index in [9.17, 15) is 38.0 Å². The highest BCUT2D eigenvalue weighted by atomic mass is 35.5. The second kappa shape index (κ2) is 22.1. The monoisotopic (exact) mass is 1060 g/mol. The number of amides is 4. The molecule has 75 heavy (non-hydrogen) atoms. The van der Waals surface area contributed by atoms with Gasteiger partial charge in [-0.05, 0) is 158 Å². The summed E-state index contributed by atoms with van der Waals surface area (Å²) in [6.07, 6.45) is 7.51. The minimum Gasteiger partial charge on any atom is -0.495 e. The van der Waals surface area contributed by atoms with Gasteiger partial charge in [-0.15, -0.1) is 0 Å². The van der Waals surface area contributed by atoms with Gasteiger partial charge in [0.2, 0.25) is 0 Å². The number of nitrogens with zero attached hydrogens (tertiary/aromatic N) is 3. The molecule has 17 heteroatoms. The van der Waals surface area contributed by atoms with Crippen LogP contribution in [-0.2, 0) is 17.6 Å². The number of ketones is 1. The summed E-state index contributed by atoms with van der Waals surface area (Å²) < 4.78 is 38.2. The molecule has 6 aromatic carbocycles. The molecule has 0 bridgehead atoms. The van der Waals surface area contributed by atoms with E-state index in [1.807, 2.05) is 48.5 Å². The Morgan fingerprint density at radius 2 is 1.04 bits per heavy atom. The molecule has 2 aliphatic heterocycles. The number of anilines is 4. The summed E-state index contributed by atoms with van der Waals surface area (Å²) in [7, 11) is 2.89. The van der Waals surface area contributed by atoms with E-state index in [1.165, 1.54) is 38.5 Å². The van der Waals surface area contributed by atoms with E-state index in [0.29, 0.717) is 54.2 Å². The van der Waals surface area contributed by atoms with Crippen LogP contribution in [0.15, 0.2) is 126 Å². The molecule has 0 radical (unpaired) electrons. The Morgan fingerprint density at radius 3 is 1.47 bits per heavy atom. The summed E-state index contributed by atoms with van der Waals surface area (Å²) in [4.78, 5) is 68.7. The molecule has 2 fully saturated rings. The van der Waals surface area contributed by atoms with Gasteiger partial charge in [0.25, 0.3) is 23.6 Å². The molecule has 10 rings (SSSR count). The number of carbonyl (C=O) groups excluding carboxylic acids is 5. The number of nitrogens with one attached hydrogen (secondary N) is 2. The van der Waals surface area contributed by atoms with Gasteiger partial charge in [0, 0.05) is 48.4 Å². The number of rotatable bonds is 8. The molecule has 386 valence electrons. The molecule has 13 nitrogen and oxygen atoms in total. The van der Waals surface area contributed by atoms with Crippen molar-refractivity contribution >= 4 is 81.1 Å². The van der Waals surface area contributed by atoms with Crippen LogP contribution >= 0.6 is 23.2 Å². The Kier molecular flexibility index (Phi) is 15.4. The number of hydrogen-bond donors (Lipinski definition) is 3. The highest BCUT2D eigenvalue weighted by Gasteiger charge is 2.43. The van der Waals surface area contributed by atoms with Gasteiger partial charge in [0.15, 0.2) is 0 Å². The SMILES string of the molecule is COc1cc(C(=O)N2CC[C@@]3(CC/C(=N\O)C3)Cc3ccccc32)ccc1NC(=O)c1cc(F)ccc1Cl.COc1cc(C(=O)N2CC[C@@]3(CCC(=O)C3)Cc3ccccc32)ccc1NC(=O)c1cc(F)ccc1Cl. The quantitative estimate of drug-likeness (QED) is 0.100. The molecule has 0 aromatic heterocycles. The molecule has 0 saturated heterocycles. The van der Waals surface area contributed by atoms with Crippen LogP contribution in [0.4, 0.5) is 31.5 Å².